The number of hydrogen-bond acceptors (Lipinski definition) is 3. The summed E-state index contributed by atoms with van der Waals surface area (Å²) in [6.45, 7) is 7.97. The lowest BCUT2D eigenvalue weighted by atomic mass is 9.90. The number of fused-ring (bicyclic) bond motifs is 1. The summed E-state index contributed by atoms with van der Waals surface area (Å²) in [5, 5.41) is 3.87. The Kier molecular flexibility index (Phi) is 3.53. The first-order valence-electron chi connectivity index (χ1n) is 7.50. The Bertz CT molecular complexity index is 659. The first-order valence-corrected chi connectivity index (χ1v) is 7.50. The van der Waals surface area contributed by atoms with Gasteiger partial charge in [-0.15, -0.1) is 0 Å². The van der Waals surface area contributed by atoms with Gasteiger partial charge in [0.25, 0.3) is 5.91 Å². The highest BCUT2D eigenvalue weighted by Gasteiger charge is 2.50. The number of benzene rings is 1. The second kappa shape index (κ2) is 5.14. The van der Waals surface area contributed by atoms with E-state index in [9.17, 15) is 4.79 Å². The minimum atomic E-state index is -0.432. The number of aromatic amines is 1. The Morgan fingerprint density at radius 2 is 1.82 bits per heavy atom. The molecule has 116 valence electrons. The maximum absolute atomic E-state index is 12.2. The highest BCUT2D eigenvalue weighted by Crippen LogP contribution is 2.36. The Morgan fingerprint density at radius 3 is 2.45 bits per heavy atom. The Hall–Kier alpha value is -1.79. The van der Waals surface area contributed by atoms with Crippen molar-refractivity contribution in [3.05, 3.63) is 36.0 Å². The second-order valence-electron chi connectivity index (χ2n) is 6.67. The van der Waals surface area contributed by atoms with Crippen LogP contribution in [0.1, 0.15) is 38.2 Å². The lowest BCUT2D eigenvalue weighted by Crippen LogP contribution is -2.41. The highest BCUT2D eigenvalue weighted by atomic mass is 16.7. The molecule has 1 amide bonds. The van der Waals surface area contributed by atoms with Crippen molar-refractivity contribution in [1.29, 1.82) is 0 Å². The van der Waals surface area contributed by atoms with E-state index in [1.165, 1.54) is 0 Å². The zero-order valence-corrected chi connectivity index (χ0v) is 13.4. The van der Waals surface area contributed by atoms with Crippen LogP contribution in [0.15, 0.2) is 30.3 Å². The zero-order valence-electron chi connectivity index (χ0n) is 13.4. The van der Waals surface area contributed by atoms with E-state index in [0.29, 0.717) is 12.1 Å². The average molecular weight is 300 g/mol. The van der Waals surface area contributed by atoms with Gasteiger partial charge in [0, 0.05) is 10.9 Å². The van der Waals surface area contributed by atoms with Crippen molar-refractivity contribution in [2.24, 2.45) is 0 Å². The number of nitrogens with one attached hydrogen (secondary N) is 2. The van der Waals surface area contributed by atoms with Gasteiger partial charge < -0.3 is 19.6 Å². The van der Waals surface area contributed by atoms with Crippen molar-refractivity contribution < 1.29 is 14.1 Å². The van der Waals surface area contributed by atoms with E-state index in [4.69, 9.17) is 9.31 Å². The monoisotopic (exact) mass is 300 g/mol. The van der Waals surface area contributed by atoms with Crippen molar-refractivity contribution in [2.45, 2.75) is 38.9 Å². The largest absolute Gasteiger partial charge is 0.478 e. The Morgan fingerprint density at radius 1 is 1.18 bits per heavy atom. The minimum absolute atomic E-state index is 0.161. The standard InChI is InChI=1S/C16H21BN2O3/c1-15(2)16(3,4)22-17(21-15)10-18-14(20)13-9-11-7-5-6-8-12(11)19-13/h5-9,19H,10H2,1-4H3,(H,18,20). The van der Waals surface area contributed by atoms with Gasteiger partial charge in [-0.2, -0.15) is 0 Å². The molecule has 2 aromatic rings. The topological polar surface area (TPSA) is 63.3 Å². The van der Waals surface area contributed by atoms with Crippen molar-refractivity contribution in [2.75, 3.05) is 6.44 Å². The molecule has 1 aromatic carbocycles. The number of carbonyl (C=O) groups is 1. The number of amides is 1. The van der Waals surface area contributed by atoms with Gasteiger partial charge in [0.1, 0.15) is 5.69 Å². The van der Waals surface area contributed by atoms with Crippen molar-refractivity contribution >= 4 is 23.9 Å². The molecule has 1 aliphatic heterocycles. The summed E-state index contributed by atoms with van der Waals surface area (Å²) in [5.41, 5.74) is 0.716. The summed E-state index contributed by atoms with van der Waals surface area (Å²) < 4.78 is 11.7. The van der Waals surface area contributed by atoms with E-state index in [2.05, 4.69) is 10.3 Å². The molecular formula is C16H21BN2O3. The number of carbonyl (C=O) groups excluding carboxylic acids is 1. The molecule has 0 bridgehead atoms. The van der Waals surface area contributed by atoms with E-state index in [0.717, 1.165) is 10.9 Å². The zero-order chi connectivity index (χ0) is 16.0. The molecule has 0 saturated carbocycles. The number of para-hydroxylation sites is 1. The number of hydrogen-bond donors (Lipinski definition) is 2. The van der Waals surface area contributed by atoms with Crippen molar-refractivity contribution in [3.8, 4) is 0 Å². The molecule has 5 nitrogen and oxygen atoms in total. The third kappa shape index (κ3) is 2.64. The molecule has 0 atom stereocenters. The Labute approximate surface area is 130 Å². The Balaban J connectivity index is 1.63. The van der Waals surface area contributed by atoms with Crippen LogP contribution in [0.4, 0.5) is 0 Å². The lowest BCUT2D eigenvalue weighted by molar-refractivity contribution is 0.00578. The highest BCUT2D eigenvalue weighted by molar-refractivity contribution is 6.46. The van der Waals surface area contributed by atoms with Crippen molar-refractivity contribution in [3.63, 3.8) is 0 Å². The smallest absolute Gasteiger partial charge is 0.402 e. The summed E-state index contributed by atoms with van der Waals surface area (Å²) in [6.07, 6.45) is 0.320. The molecule has 6 heteroatoms. The minimum Gasteiger partial charge on any atom is -0.402 e. The van der Waals surface area contributed by atoms with Crippen LogP contribution in [0.25, 0.3) is 10.9 Å². The molecule has 0 unspecified atom stereocenters. The summed E-state index contributed by atoms with van der Waals surface area (Å²) in [4.78, 5) is 15.3. The van der Waals surface area contributed by atoms with Gasteiger partial charge in [0.2, 0.25) is 0 Å². The maximum Gasteiger partial charge on any atom is 0.478 e. The molecule has 2 N–H and O–H groups in total. The van der Waals surface area contributed by atoms with Crippen LogP contribution in [-0.2, 0) is 9.31 Å². The summed E-state index contributed by atoms with van der Waals surface area (Å²) in [6, 6.07) is 9.64. The van der Waals surface area contributed by atoms with Crippen LogP contribution in [0.2, 0.25) is 0 Å². The molecule has 2 heterocycles. The number of aromatic nitrogens is 1. The fourth-order valence-corrected chi connectivity index (χ4v) is 2.52. The fourth-order valence-electron chi connectivity index (χ4n) is 2.52. The van der Waals surface area contributed by atoms with Crippen LogP contribution in [0, 0.1) is 0 Å². The van der Waals surface area contributed by atoms with Crippen LogP contribution in [0.5, 0.6) is 0 Å². The SMILES string of the molecule is CC1(C)OB(CNC(=O)c2cc3ccccc3[nH]2)OC1(C)C. The lowest BCUT2D eigenvalue weighted by Gasteiger charge is -2.32. The fraction of sp³-hybridized carbons (Fsp3) is 0.438. The van der Waals surface area contributed by atoms with E-state index >= 15 is 0 Å². The molecule has 1 fully saturated rings. The van der Waals surface area contributed by atoms with E-state index < -0.39 is 7.12 Å². The van der Waals surface area contributed by atoms with Gasteiger partial charge in [0.05, 0.1) is 17.6 Å². The maximum atomic E-state index is 12.2. The van der Waals surface area contributed by atoms with Gasteiger partial charge in [-0.25, -0.2) is 0 Å². The molecular weight excluding hydrogens is 279 g/mol. The van der Waals surface area contributed by atoms with Gasteiger partial charge >= 0.3 is 7.12 Å². The van der Waals surface area contributed by atoms with E-state index in [1.54, 1.807) is 0 Å². The van der Waals surface area contributed by atoms with Crippen LogP contribution >= 0.6 is 0 Å². The third-order valence-corrected chi connectivity index (χ3v) is 4.51. The molecule has 1 aromatic heterocycles. The molecule has 0 radical (unpaired) electrons. The van der Waals surface area contributed by atoms with Crippen LogP contribution in [0.3, 0.4) is 0 Å². The van der Waals surface area contributed by atoms with Crippen molar-refractivity contribution in [1.82, 2.24) is 10.3 Å². The van der Waals surface area contributed by atoms with Crippen LogP contribution in [-0.4, -0.2) is 35.7 Å². The first kappa shape index (κ1) is 15.1. The summed E-state index contributed by atoms with van der Waals surface area (Å²) in [7, 11) is -0.432. The van der Waals surface area contributed by atoms with E-state index in [-0.39, 0.29) is 17.1 Å². The summed E-state index contributed by atoms with van der Waals surface area (Å²) >= 11 is 0. The molecule has 1 saturated heterocycles. The molecule has 1 aliphatic rings. The van der Waals surface area contributed by atoms with Gasteiger partial charge in [0.15, 0.2) is 0 Å². The van der Waals surface area contributed by atoms with Gasteiger partial charge in [-0.05, 0) is 39.8 Å². The number of H-pyrrole nitrogens is 1. The quantitative estimate of drug-likeness (QED) is 0.856. The van der Waals surface area contributed by atoms with Gasteiger partial charge in [-0.1, -0.05) is 18.2 Å². The predicted octanol–water partition coefficient (Wildman–Crippen LogP) is 2.53. The predicted molar refractivity (Wildman–Crippen MR) is 86.7 cm³/mol. The third-order valence-electron chi connectivity index (χ3n) is 4.51. The normalized spacial score (nSPS) is 19.5. The van der Waals surface area contributed by atoms with Crippen LogP contribution < -0.4 is 5.32 Å². The first-order chi connectivity index (χ1) is 10.3. The molecule has 0 spiro atoms. The second-order valence-corrected chi connectivity index (χ2v) is 6.67. The number of rotatable bonds is 3. The average Bonchev–Trinajstić information content (AvgIpc) is 2.95. The van der Waals surface area contributed by atoms with Gasteiger partial charge in [-0.3, -0.25) is 4.79 Å². The summed E-state index contributed by atoms with van der Waals surface area (Å²) in [5.74, 6) is -0.161. The molecule has 22 heavy (non-hydrogen) atoms. The van der Waals surface area contributed by atoms with E-state index in [1.807, 2.05) is 58.0 Å². The molecule has 3 rings (SSSR count). The molecule has 0 aliphatic carbocycles.